The lowest BCUT2D eigenvalue weighted by atomic mass is 10.1. The minimum Gasteiger partial charge on any atom is -0.371 e. The predicted molar refractivity (Wildman–Crippen MR) is 105 cm³/mol. The van der Waals surface area contributed by atoms with Gasteiger partial charge in [-0.25, -0.2) is 8.78 Å². The summed E-state index contributed by atoms with van der Waals surface area (Å²) in [4.78, 5) is 0. The number of ether oxygens (including phenoxy) is 2. The Hall–Kier alpha value is -1.86. The first-order chi connectivity index (χ1) is 13.5. The van der Waals surface area contributed by atoms with Gasteiger partial charge in [-0.1, -0.05) is 24.3 Å². The first-order valence-electron chi connectivity index (χ1n) is 9.72. The first-order valence-corrected chi connectivity index (χ1v) is 9.72. The Morgan fingerprint density at radius 2 is 1.18 bits per heavy atom. The van der Waals surface area contributed by atoms with E-state index in [1.807, 2.05) is 12.1 Å². The molecule has 2 saturated heterocycles. The van der Waals surface area contributed by atoms with E-state index >= 15 is 0 Å². The summed E-state index contributed by atoms with van der Waals surface area (Å²) in [6.07, 6.45) is -0.0243. The zero-order valence-electron chi connectivity index (χ0n) is 16.3. The van der Waals surface area contributed by atoms with E-state index in [1.54, 1.807) is 12.1 Å². The van der Waals surface area contributed by atoms with Gasteiger partial charge in [0.05, 0.1) is 25.4 Å². The molecule has 1 unspecified atom stereocenters. The van der Waals surface area contributed by atoms with Gasteiger partial charge < -0.3 is 20.1 Å². The quantitative estimate of drug-likeness (QED) is 0.820. The molecule has 28 heavy (non-hydrogen) atoms. The maximum absolute atomic E-state index is 12.9. The van der Waals surface area contributed by atoms with Gasteiger partial charge in [-0.3, -0.25) is 0 Å². The fourth-order valence-electron chi connectivity index (χ4n) is 3.22. The van der Waals surface area contributed by atoms with Crippen molar-refractivity contribution in [1.82, 2.24) is 10.6 Å². The smallest absolute Gasteiger partial charge is 0.123 e. The molecule has 2 aliphatic rings. The summed E-state index contributed by atoms with van der Waals surface area (Å²) in [5.74, 6) is -0.408. The molecule has 2 heterocycles. The molecule has 0 saturated carbocycles. The summed E-state index contributed by atoms with van der Waals surface area (Å²) in [5, 5.41) is 6.61. The molecule has 0 spiro atoms. The summed E-state index contributed by atoms with van der Waals surface area (Å²) in [6, 6.07) is 13.9. The minimum absolute atomic E-state index is 0.0121. The van der Waals surface area contributed by atoms with Crippen LogP contribution >= 0.6 is 0 Å². The van der Waals surface area contributed by atoms with Gasteiger partial charge in [0, 0.05) is 25.2 Å². The Morgan fingerprint density at radius 3 is 1.50 bits per heavy atom. The lowest BCUT2D eigenvalue weighted by Crippen LogP contribution is -2.40. The van der Waals surface area contributed by atoms with Crippen LogP contribution in [0.15, 0.2) is 48.5 Å². The van der Waals surface area contributed by atoms with Crippen molar-refractivity contribution < 1.29 is 18.3 Å². The molecule has 0 bridgehead atoms. The number of morpholine rings is 2. The van der Waals surface area contributed by atoms with E-state index in [4.69, 9.17) is 9.47 Å². The van der Waals surface area contributed by atoms with Crippen LogP contribution in [-0.2, 0) is 9.47 Å². The second-order valence-corrected chi connectivity index (χ2v) is 7.37. The standard InChI is InChI=1S/2C11H14FNO/c2*1-8-7-14-11(6-13-8)9-3-2-4-10(12)5-9/h2*2-5,8,11,13H,6-7H2,1H3/t8-,11?;8-,11-/m00/s1. The topological polar surface area (TPSA) is 42.5 Å². The number of benzene rings is 2. The van der Waals surface area contributed by atoms with Gasteiger partial charge in [0.25, 0.3) is 0 Å². The zero-order valence-corrected chi connectivity index (χ0v) is 16.3. The Labute approximate surface area is 165 Å². The van der Waals surface area contributed by atoms with Crippen molar-refractivity contribution in [3.05, 3.63) is 71.3 Å². The minimum atomic E-state index is -0.204. The van der Waals surface area contributed by atoms with Crippen LogP contribution in [0.25, 0.3) is 0 Å². The number of halogens is 2. The monoisotopic (exact) mass is 390 g/mol. The molecule has 152 valence electrons. The highest BCUT2D eigenvalue weighted by Crippen LogP contribution is 2.21. The molecule has 0 aliphatic carbocycles. The second kappa shape index (κ2) is 10.1. The fraction of sp³-hybridized carbons (Fsp3) is 0.455. The van der Waals surface area contributed by atoms with Crippen molar-refractivity contribution in [3.63, 3.8) is 0 Å². The summed E-state index contributed by atoms with van der Waals surface area (Å²) in [7, 11) is 0. The molecule has 0 radical (unpaired) electrons. The molecule has 2 aromatic rings. The molecule has 4 rings (SSSR count). The summed E-state index contributed by atoms with van der Waals surface area (Å²) < 4.78 is 37.0. The van der Waals surface area contributed by atoms with Gasteiger partial charge in [0.15, 0.2) is 0 Å². The predicted octanol–water partition coefficient (Wildman–Crippen LogP) is 3.75. The zero-order chi connectivity index (χ0) is 19.9. The Morgan fingerprint density at radius 1 is 0.750 bits per heavy atom. The average molecular weight is 390 g/mol. The summed E-state index contributed by atoms with van der Waals surface area (Å²) in [6.45, 7) is 7.02. The Bertz CT molecular complexity index is 679. The molecule has 2 N–H and O–H groups in total. The van der Waals surface area contributed by atoms with Crippen molar-refractivity contribution in [3.8, 4) is 0 Å². The van der Waals surface area contributed by atoms with Gasteiger partial charge in [-0.05, 0) is 49.2 Å². The Balaban J connectivity index is 0.000000161. The molecule has 2 fully saturated rings. The van der Waals surface area contributed by atoms with Crippen LogP contribution < -0.4 is 10.6 Å². The molecule has 4 nitrogen and oxygen atoms in total. The van der Waals surface area contributed by atoms with Crippen molar-refractivity contribution in [2.45, 2.75) is 38.1 Å². The van der Waals surface area contributed by atoms with Crippen LogP contribution in [0.4, 0.5) is 8.78 Å². The van der Waals surface area contributed by atoms with Crippen LogP contribution in [0.5, 0.6) is 0 Å². The SMILES string of the molecule is C[C@H]1COC(c2cccc(F)c2)CN1.C[C@H]1CO[C@H](c2cccc(F)c2)CN1. The van der Waals surface area contributed by atoms with Crippen LogP contribution in [0.2, 0.25) is 0 Å². The number of hydrogen-bond acceptors (Lipinski definition) is 4. The highest BCUT2D eigenvalue weighted by molar-refractivity contribution is 5.20. The van der Waals surface area contributed by atoms with Crippen LogP contribution in [0.3, 0.4) is 0 Å². The van der Waals surface area contributed by atoms with E-state index in [0.717, 1.165) is 24.2 Å². The van der Waals surface area contributed by atoms with Crippen molar-refractivity contribution in [2.24, 2.45) is 0 Å². The third-order valence-electron chi connectivity index (χ3n) is 4.84. The molecule has 2 aromatic carbocycles. The molecule has 6 heteroatoms. The molecular weight excluding hydrogens is 362 g/mol. The van der Waals surface area contributed by atoms with E-state index in [9.17, 15) is 8.78 Å². The number of hydrogen-bond donors (Lipinski definition) is 2. The highest BCUT2D eigenvalue weighted by atomic mass is 19.1. The fourth-order valence-corrected chi connectivity index (χ4v) is 3.22. The maximum Gasteiger partial charge on any atom is 0.123 e. The normalized spacial score (nSPS) is 27.6. The lowest BCUT2D eigenvalue weighted by molar-refractivity contribution is 0.00677. The highest BCUT2D eigenvalue weighted by Gasteiger charge is 2.20. The molecular formula is C22H28F2N2O2. The van der Waals surface area contributed by atoms with E-state index < -0.39 is 0 Å². The van der Waals surface area contributed by atoms with Crippen molar-refractivity contribution in [1.29, 1.82) is 0 Å². The third-order valence-corrected chi connectivity index (χ3v) is 4.84. The maximum atomic E-state index is 12.9. The van der Waals surface area contributed by atoms with Gasteiger partial charge in [-0.15, -0.1) is 0 Å². The van der Waals surface area contributed by atoms with Crippen LogP contribution in [-0.4, -0.2) is 38.4 Å². The Kier molecular flexibility index (Phi) is 7.50. The number of nitrogens with one attached hydrogen (secondary N) is 2. The van der Waals surface area contributed by atoms with Crippen molar-refractivity contribution in [2.75, 3.05) is 26.3 Å². The van der Waals surface area contributed by atoms with Crippen LogP contribution in [0.1, 0.15) is 37.2 Å². The average Bonchev–Trinajstić information content (AvgIpc) is 2.70. The summed E-state index contributed by atoms with van der Waals surface area (Å²) >= 11 is 0. The third kappa shape index (κ3) is 6.07. The number of rotatable bonds is 2. The van der Waals surface area contributed by atoms with E-state index in [2.05, 4.69) is 24.5 Å². The van der Waals surface area contributed by atoms with Gasteiger partial charge in [-0.2, -0.15) is 0 Å². The van der Waals surface area contributed by atoms with Gasteiger partial charge in [0.1, 0.15) is 11.6 Å². The molecule has 0 aromatic heterocycles. The largest absolute Gasteiger partial charge is 0.371 e. The molecule has 0 amide bonds. The van der Waals surface area contributed by atoms with E-state index in [1.165, 1.54) is 24.3 Å². The lowest BCUT2D eigenvalue weighted by Gasteiger charge is -2.28. The van der Waals surface area contributed by atoms with Crippen molar-refractivity contribution >= 4 is 0 Å². The molecule has 2 aliphatic heterocycles. The second-order valence-electron chi connectivity index (χ2n) is 7.37. The van der Waals surface area contributed by atoms with Gasteiger partial charge >= 0.3 is 0 Å². The molecule has 4 atom stereocenters. The van der Waals surface area contributed by atoms with E-state index in [-0.39, 0.29) is 23.8 Å². The van der Waals surface area contributed by atoms with Crippen LogP contribution in [0, 0.1) is 11.6 Å². The van der Waals surface area contributed by atoms with Gasteiger partial charge in [0.2, 0.25) is 0 Å². The first kappa shape index (κ1) is 20.9. The summed E-state index contributed by atoms with van der Waals surface area (Å²) in [5.41, 5.74) is 1.81. The van der Waals surface area contributed by atoms with E-state index in [0.29, 0.717) is 25.3 Å².